The van der Waals surface area contributed by atoms with Crippen LogP contribution in [0.3, 0.4) is 0 Å². The van der Waals surface area contributed by atoms with Gasteiger partial charge in [-0.05, 0) is 11.8 Å². The summed E-state index contributed by atoms with van der Waals surface area (Å²) in [6, 6.07) is -0.941. The highest BCUT2D eigenvalue weighted by Crippen LogP contribution is 1.97. The van der Waals surface area contributed by atoms with Crippen LogP contribution >= 0.6 is 0 Å². The Morgan fingerprint density at radius 2 is 1.04 bits per heavy atom. The van der Waals surface area contributed by atoms with Crippen LogP contribution in [0.25, 0.3) is 0 Å². The zero-order valence-corrected chi connectivity index (χ0v) is 14.6. The van der Waals surface area contributed by atoms with E-state index in [1.165, 1.54) is 0 Å². The molecule has 0 saturated carbocycles. The van der Waals surface area contributed by atoms with E-state index in [9.17, 15) is 9.59 Å². The van der Waals surface area contributed by atoms with E-state index < -0.39 is 12.1 Å². The summed E-state index contributed by atoms with van der Waals surface area (Å²) in [6.07, 6.45) is 0. The maximum absolute atomic E-state index is 11.6. The monoisotopic (exact) mass is 337 g/mol. The van der Waals surface area contributed by atoms with Crippen molar-refractivity contribution in [1.82, 2.24) is 16.0 Å². The van der Waals surface area contributed by atoms with Crippen molar-refractivity contribution in [3.63, 3.8) is 0 Å². The van der Waals surface area contributed by atoms with Gasteiger partial charge in [0.25, 0.3) is 0 Å². The average Bonchev–Trinajstić information content (AvgIpc) is 2.43. The van der Waals surface area contributed by atoms with E-state index in [2.05, 4.69) is 16.0 Å². The van der Waals surface area contributed by atoms with Gasteiger partial charge in [0.2, 0.25) is 11.8 Å². The second kappa shape index (κ2) is 14.3. The fraction of sp³-hybridized carbons (Fsp3) is 0.857. The number of carbonyl (C=O) groups excluding carboxylic acids is 2. The van der Waals surface area contributed by atoms with Crippen LogP contribution in [0.5, 0.6) is 0 Å². The molecule has 0 aromatic heterocycles. The first-order chi connectivity index (χ1) is 9.77. The number of nitrogens with two attached hydrogens (primary N) is 2. The minimum absolute atomic E-state index is 0. The Kier molecular flexibility index (Phi) is 16.6. The van der Waals surface area contributed by atoms with Crippen LogP contribution < -0.4 is 27.4 Å². The zero-order chi connectivity index (χ0) is 16.4. The van der Waals surface area contributed by atoms with Crippen molar-refractivity contribution in [2.24, 2.45) is 23.3 Å². The molecule has 0 saturated heterocycles. The highest BCUT2D eigenvalue weighted by Gasteiger charge is 2.17. The van der Waals surface area contributed by atoms with Crippen molar-refractivity contribution < 1.29 is 20.5 Å². The first-order valence-corrected chi connectivity index (χ1v) is 7.54. The Hall–Kier alpha value is -1.26. The second-order valence-electron chi connectivity index (χ2n) is 5.87. The molecular weight excluding hydrogens is 302 g/mol. The molecule has 0 radical (unpaired) electrons. The number of nitrogens with one attached hydrogen (secondary N) is 3. The third-order valence-corrected chi connectivity index (χ3v) is 3.24. The quantitative estimate of drug-likeness (QED) is 0.268. The maximum atomic E-state index is 11.6. The molecule has 23 heavy (non-hydrogen) atoms. The summed E-state index contributed by atoms with van der Waals surface area (Å²) in [4.78, 5) is 23.1. The van der Waals surface area contributed by atoms with Gasteiger partial charge in [-0.1, -0.05) is 27.7 Å². The van der Waals surface area contributed by atoms with E-state index in [0.29, 0.717) is 26.2 Å². The van der Waals surface area contributed by atoms with Gasteiger partial charge in [-0.25, -0.2) is 0 Å². The number of carbonyl (C=O) groups is 2. The molecule has 0 aromatic rings. The normalized spacial score (nSPS) is 12.9. The Labute approximate surface area is 138 Å². The fourth-order valence-electron chi connectivity index (χ4n) is 1.51. The van der Waals surface area contributed by atoms with Gasteiger partial charge < -0.3 is 38.4 Å². The maximum Gasteiger partial charge on any atom is 0.237 e. The highest BCUT2D eigenvalue weighted by molar-refractivity contribution is 5.82. The lowest BCUT2D eigenvalue weighted by Crippen LogP contribution is -2.47. The summed E-state index contributed by atoms with van der Waals surface area (Å²) in [6.45, 7) is 9.92. The second-order valence-corrected chi connectivity index (χ2v) is 5.87. The molecule has 0 rings (SSSR count). The lowest BCUT2D eigenvalue weighted by atomic mass is 10.1. The summed E-state index contributed by atoms with van der Waals surface area (Å²) < 4.78 is 0. The van der Waals surface area contributed by atoms with Crippen LogP contribution in [0.2, 0.25) is 0 Å². The molecule has 11 N–H and O–H groups in total. The summed E-state index contributed by atoms with van der Waals surface area (Å²) >= 11 is 0. The molecule has 0 fully saturated rings. The van der Waals surface area contributed by atoms with Gasteiger partial charge in [0.1, 0.15) is 0 Å². The average molecular weight is 337 g/mol. The molecule has 0 heterocycles. The van der Waals surface area contributed by atoms with E-state index in [1.54, 1.807) is 0 Å². The number of hydrogen-bond donors (Lipinski definition) is 5. The summed E-state index contributed by atoms with van der Waals surface area (Å²) in [5.74, 6) is -0.0253. The molecule has 0 bridgehead atoms. The molecule has 0 aliphatic rings. The minimum atomic E-state index is -0.471. The number of rotatable bonds is 10. The van der Waals surface area contributed by atoms with Crippen molar-refractivity contribution in [3.05, 3.63) is 0 Å². The van der Waals surface area contributed by atoms with Crippen LogP contribution in [0.4, 0.5) is 0 Å². The zero-order valence-electron chi connectivity index (χ0n) is 14.6. The third kappa shape index (κ3) is 11.9. The van der Waals surface area contributed by atoms with Gasteiger partial charge in [0.15, 0.2) is 0 Å². The Morgan fingerprint density at radius 3 is 1.30 bits per heavy atom. The largest absolute Gasteiger partial charge is 0.412 e. The number of hydrogen-bond acceptors (Lipinski definition) is 5. The molecular formula is C14H35N5O4. The van der Waals surface area contributed by atoms with E-state index in [4.69, 9.17) is 11.5 Å². The fourth-order valence-corrected chi connectivity index (χ4v) is 1.51. The molecule has 2 atom stereocenters. The van der Waals surface area contributed by atoms with Gasteiger partial charge in [0.05, 0.1) is 12.1 Å². The van der Waals surface area contributed by atoms with Gasteiger partial charge >= 0.3 is 0 Å². The van der Waals surface area contributed by atoms with Crippen molar-refractivity contribution in [1.29, 1.82) is 0 Å². The lowest BCUT2D eigenvalue weighted by Gasteiger charge is -2.16. The molecule has 0 aliphatic carbocycles. The van der Waals surface area contributed by atoms with Crippen LogP contribution in [-0.2, 0) is 9.59 Å². The molecule has 0 unspecified atom stereocenters. The molecule has 9 nitrogen and oxygen atoms in total. The predicted octanol–water partition coefficient (Wildman–Crippen LogP) is -2.87. The van der Waals surface area contributed by atoms with E-state index in [-0.39, 0.29) is 34.6 Å². The highest BCUT2D eigenvalue weighted by atomic mass is 16.2. The predicted molar refractivity (Wildman–Crippen MR) is 91.7 cm³/mol. The summed E-state index contributed by atoms with van der Waals surface area (Å²) in [5.41, 5.74) is 11.4. The number of amides is 2. The van der Waals surface area contributed by atoms with Crippen molar-refractivity contribution in [3.8, 4) is 0 Å². The first-order valence-electron chi connectivity index (χ1n) is 7.54. The molecule has 0 spiro atoms. The summed E-state index contributed by atoms with van der Waals surface area (Å²) in [7, 11) is 0. The van der Waals surface area contributed by atoms with Crippen molar-refractivity contribution >= 4 is 11.8 Å². The van der Waals surface area contributed by atoms with Crippen molar-refractivity contribution in [2.75, 3.05) is 26.2 Å². The molecule has 9 heteroatoms. The topological polar surface area (TPSA) is 185 Å². The van der Waals surface area contributed by atoms with Crippen LogP contribution in [0, 0.1) is 11.8 Å². The molecule has 140 valence electrons. The van der Waals surface area contributed by atoms with Crippen LogP contribution in [0.15, 0.2) is 0 Å². The van der Waals surface area contributed by atoms with Gasteiger partial charge in [0, 0.05) is 26.2 Å². The SMILES string of the molecule is CC(C)[C@H](N)C(=O)NCCNCCNC(=O)[C@@H](N)C(C)C.O.O. The van der Waals surface area contributed by atoms with E-state index in [1.807, 2.05) is 27.7 Å². The first kappa shape index (κ1) is 26.6. The van der Waals surface area contributed by atoms with Gasteiger partial charge in [-0.15, -0.1) is 0 Å². The smallest absolute Gasteiger partial charge is 0.237 e. The van der Waals surface area contributed by atoms with E-state index >= 15 is 0 Å². The lowest BCUT2D eigenvalue weighted by molar-refractivity contribution is -0.123. The van der Waals surface area contributed by atoms with Crippen LogP contribution in [0.1, 0.15) is 27.7 Å². The Morgan fingerprint density at radius 1 is 0.739 bits per heavy atom. The van der Waals surface area contributed by atoms with Gasteiger partial charge in [-0.2, -0.15) is 0 Å². The third-order valence-electron chi connectivity index (χ3n) is 3.24. The van der Waals surface area contributed by atoms with E-state index in [0.717, 1.165) is 0 Å². The summed E-state index contributed by atoms with van der Waals surface area (Å²) in [5, 5.41) is 8.65. The van der Waals surface area contributed by atoms with Crippen molar-refractivity contribution in [2.45, 2.75) is 39.8 Å². The molecule has 0 aromatic carbocycles. The van der Waals surface area contributed by atoms with Gasteiger partial charge in [-0.3, -0.25) is 9.59 Å². The molecule has 0 aliphatic heterocycles. The van der Waals surface area contributed by atoms with Crippen LogP contribution in [-0.4, -0.2) is 61.0 Å². The molecule has 2 amide bonds. The standard InChI is InChI=1S/C14H31N5O2.2H2O/c1-9(2)11(15)13(20)18-7-5-17-6-8-19-14(21)12(16)10(3)4;;/h9-12,17H,5-8,15-16H2,1-4H3,(H,18,20)(H,19,21);2*1H2/t11-,12-;;/m0../s1. The Bertz CT molecular complexity index is 296. The minimum Gasteiger partial charge on any atom is -0.412 e. The Balaban J connectivity index is -0.00000200.